The lowest BCUT2D eigenvalue weighted by Gasteiger charge is -2.51. The third-order valence-corrected chi connectivity index (χ3v) is 21.4. The summed E-state index contributed by atoms with van der Waals surface area (Å²) in [6, 6.07) is 52.5. The highest BCUT2D eigenvalue weighted by molar-refractivity contribution is 5.93. The highest BCUT2D eigenvalue weighted by Crippen LogP contribution is 2.41. The number of ether oxygens (including phenoxy) is 12. The number of nitrogens with one attached hydrogen (secondary N) is 6. The Labute approximate surface area is 724 Å². The number of carbonyl (C=O) groups excluding carboxylic acids is 6. The molecule has 12 bridgehead atoms. The minimum atomic E-state index is -2.09. The van der Waals surface area contributed by atoms with Gasteiger partial charge in [0.05, 0.1) is 36.6 Å². The van der Waals surface area contributed by atoms with Crippen LogP contribution in [0.1, 0.15) is 74.9 Å². The summed E-state index contributed by atoms with van der Waals surface area (Å²) in [6.45, 7) is 8.69. The summed E-state index contributed by atoms with van der Waals surface area (Å²) in [5.74, 6) is -5.14. The van der Waals surface area contributed by atoms with E-state index in [1.807, 2.05) is 0 Å². The van der Waals surface area contributed by atoms with Gasteiger partial charge in [0.2, 0.25) is 0 Å². The first-order valence-electron chi connectivity index (χ1n) is 41.0. The molecule has 30 atom stereocenters. The Morgan fingerprint density at radius 1 is 0.222 bits per heavy atom. The molecule has 0 spiro atoms. The highest BCUT2D eigenvalue weighted by atomic mass is 16.8. The molecule has 672 valence electrons. The van der Waals surface area contributed by atoms with Crippen molar-refractivity contribution < 1.29 is 145 Å². The smallest absolute Gasteiger partial charge is 0.267 e. The maximum Gasteiger partial charge on any atom is 0.267 e. The van der Waals surface area contributed by atoms with Crippen molar-refractivity contribution in [1.29, 1.82) is 0 Å². The van der Waals surface area contributed by atoms with Crippen LogP contribution in [-0.2, 0) is 115 Å². The fraction of sp³-hybridized carbons (Fsp3) is 0.400. The molecule has 126 heavy (non-hydrogen) atoms. The van der Waals surface area contributed by atoms with E-state index in [9.17, 15) is 59.4 Å². The molecule has 36 heteroatoms. The van der Waals surface area contributed by atoms with Gasteiger partial charge in [-0.3, -0.25) is 57.8 Å². The molecule has 22 aliphatic rings. The predicted molar refractivity (Wildman–Crippen MR) is 442 cm³/mol. The number of carbonyl (C=O) groups is 6. The molecule has 0 saturated carbocycles. The standard InChI is InChI=1S/C90H102N6O30/c1-49-73-79(121-91-61(97)43-37-55-25-13-7-14-26-55)67(103)85(109-49)116-74-50(2)111-87(69(105)81(74)123-93-63(99)45-39-57-29-17-9-18-30-57)118-76-52(4)113-89(71(107)83(76)125-95-65(101)47-41-59-33-21-11-22-34-59)120-78-54(6)114-90(72(108)84(78)126-96-66(102)48-42-60-35-23-12-24-36-60)119-77-53(5)112-88(70(106)82(77)124-94-64(100)46-40-58-31-19-10-20-32-58)117-75-51(3)110-86(115-73)68(104)80(75)122-92-62(98)44-38-56-27-15-8-16-28-56/h7-54,67-90,103-108H,1-6H3,(H,91,97)(H,92,98)(H,93,99)(H,94,100)(H,95,101)(H,96,102)/b43-37+,44-38+,45-39+,46-40+,47-41+,48-42+/t49-,50-,51-,52-,53-,54-,67-,68-,69-,70-,71-,72-,73-,74-,75-,76-,77-,78-,79-,80-,81-,82-,83-,84-,85-,86-,87-,88-,89-,90-/m1/s1. The van der Waals surface area contributed by atoms with Crippen molar-refractivity contribution >= 4 is 71.9 Å². The van der Waals surface area contributed by atoms with E-state index < -0.39 is 220 Å². The molecular weight excluding hydrogens is 1650 g/mol. The third-order valence-electron chi connectivity index (χ3n) is 21.4. The maximum absolute atomic E-state index is 13.8. The first kappa shape index (κ1) is 93.3. The van der Waals surface area contributed by atoms with Crippen molar-refractivity contribution in [1.82, 2.24) is 32.9 Å². The second-order valence-corrected chi connectivity index (χ2v) is 30.6. The average Bonchev–Trinajstić information content (AvgIpc) is 0.765. The van der Waals surface area contributed by atoms with Gasteiger partial charge in [-0.25, -0.2) is 32.9 Å². The fourth-order valence-electron chi connectivity index (χ4n) is 14.8. The molecular formula is C90H102N6O30. The van der Waals surface area contributed by atoms with Crippen LogP contribution >= 0.6 is 0 Å². The van der Waals surface area contributed by atoms with Gasteiger partial charge in [-0.15, -0.1) is 0 Å². The van der Waals surface area contributed by atoms with Crippen molar-refractivity contribution in [3.8, 4) is 0 Å². The van der Waals surface area contributed by atoms with E-state index in [4.69, 9.17) is 85.9 Å². The first-order chi connectivity index (χ1) is 60.9. The van der Waals surface area contributed by atoms with Gasteiger partial charge in [0.15, 0.2) is 37.7 Å². The molecule has 6 aromatic carbocycles. The molecule has 36 nitrogen and oxygen atoms in total. The normalized spacial score (nSPS) is 34.5. The van der Waals surface area contributed by atoms with Crippen LogP contribution in [0.4, 0.5) is 0 Å². The Morgan fingerprint density at radius 3 is 0.476 bits per heavy atom. The van der Waals surface area contributed by atoms with E-state index in [1.54, 1.807) is 182 Å². The van der Waals surface area contributed by atoms with Crippen LogP contribution in [0.15, 0.2) is 218 Å². The topological polar surface area (TPSA) is 462 Å². The van der Waals surface area contributed by atoms with Gasteiger partial charge >= 0.3 is 0 Å². The van der Waals surface area contributed by atoms with Gasteiger partial charge in [-0.05, 0) is 111 Å². The summed E-state index contributed by atoms with van der Waals surface area (Å²) < 4.78 is 78.7. The Bertz CT molecular complexity index is 3950. The van der Waals surface area contributed by atoms with Crippen LogP contribution < -0.4 is 32.9 Å². The lowest BCUT2D eigenvalue weighted by Crippen LogP contribution is -2.69. The lowest BCUT2D eigenvalue weighted by atomic mass is 9.95. The molecule has 22 saturated heterocycles. The summed E-state index contributed by atoms with van der Waals surface area (Å²) in [6.07, 6.45) is -37.2. The van der Waals surface area contributed by atoms with Gasteiger partial charge < -0.3 is 87.5 Å². The zero-order valence-corrected chi connectivity index (χ0v) is 69.1. The van der Waals surface area contributed by atoms with Crippen molar-refractivity contribution in [3.63, 3.8) is 0 Å². The third kappa shape index (κ3) is 24.7. The van der Waals surface area contributed by atoms with E-state index in [1.165, 1.54) is 78.0 Å². The summed E-state index contributed by atoms with van der Waals surface area (Å²) in [7, 11) is 0. The van der Waals surface area contributed by atoms with E-state index >= 15 is 0 Å². The minimum absolute atomic E-state index is 0.621. The molecule has 0 radical (unpaired) electrons. The molecule has 0 unspecified atom stereocenters. The average molecular weight is 1750 g/mol. The summed E-state index contributed by atoms with van der Waals surface area (Å²) in [5.41, 5.74) is 17.7. The van der Waals surface area contributed by atoms with Gasteiger partial charge in [0.1, 0.15) is 110 Å². The highest BCUT2D eigenvalue weighted by Gasteiger charge is 2.60. The molecule has 6 amide bonds. The number of aliphatic hydroxyl groups is 6. The number of amides is 6. The summed E-state index contributed by atoms with van der Waals surface area (Å²) in [5, 5.41) is 77.1. The van der Waals surface area contributed by atoms with Crippen molar-refractivity contribution in [3.05, 3.63) is 252 Å². The first-order valence-corrected chi connectivity index (χ1v) is 41.0. The van der Waals surface area contributed by atoms with Gasteiger partial charge in [-0.1, -0.05) is 182 Å². The molecule has 22 aliphatic heterocycles. The number of hydrogen-bond acceptors (Lipinski definition) is 30. The second kappa shape index (κ2) is 44.9. The monoisotopic (exact) mass is 1750 g/mol. The number of aliphatic hydroxyl groups excluding tert-OH is 6. The molecule has 12 N–H and O–H groups in total. The zero-order valence-electron chi connectivity index (χ0n) is 69.1. The van der Waals surface area contributed by atoms with Crippen LogP contribution in [-0.4, -0.2) is 250 Å². The summed E-state index contributed by atoms with van der Waals surface area (Å²) in [4.78, 5) is 120. The molecule has 22 fully saturated rings. The minimum Gasteiger partial charge on any atom is -0.385 e. The Hall–Kier alpha value is -10.4. The van der Waals surface area contributed by atoms with E-state index in [-0.39, 0.29) is 0 Å². The SMILES string of the molecule is C[C@H]1O[C@@H]2O[C@H]3[C@H](ONC(=O)/C=C/c4ccccc4)[C@@H](O)[C@@H](O[C@H]4[C@H](ONC(=O)/C=C/c5ccccc5)[C@@H](O)[C@@H](O[C@H]5[C@H](ONC(=O)/C=C/c6ccccc6)[C@@H](O)[C@@H](O[C@H]6[C@H](ONC(=O)/C=C/c7ccccc7)[C@@H](O)[C@@H](O[C@H]7[C@H](ONC(=O)/C=C/c8ccccc8)[C@@H](O)[C@@H](O[C@H]1[C@H](ONC(=O)/C=C/c1ccccc1)[C@H]2O)O[C@@H]7C)O[C@@H]6C)O[C@@H]5C)O[C@@H]4C)O[C@@H]3C. The van der Waals surface area contributed by atoms with E-state index in [2.05, 4.69) is 32.9 Å². The Morgan fingerprint density at radius 2 is 0.349 bits per heavy atom. The maximum atomic E-state index is 13.8. The lowest BCUT2D eigenvalue weighted by molar-refractivity contribution is -0.406. The van der Waals surface area contributed by atoms with Gasteiger partial charge in [0.25, 0.3) is 35.4 Å². The number of rotatable bonds is 24. The van der Waals surface area contributed by atoms with Gasteiger partial charge in [0, 0.05) is 36.5 Å². The second-order valence-electron chi connectivity index (χ2n) is 30.6. The van der Waals surface area contributed by atoms with Crippen LogP contribution in [0, 0.1) is 0 Å². The van der Waals surface area contributed by atoms with Gasteiger partial charge in [-0.2, -0.15) is 0 Å². The zero-order chi connectivity index (χ0) is 88.9. The molecule has 0 aliphatic carbocycles. The van der Waals surface area contributed by atoms with Crippen LogP contribution in [0.2, 0.25) is 0 Å². The van der Waals surface area contributed by atoms with Crippen molar-refractivity contribution in [2.45, 2.75) is 226 Å². The number of benzene rings is 6. The van der Waals surface area contributed by atoms with Crippen molar-refractivity contribution in [2.24, 2.45) is 0 Å². The number of hydrogen-bond donors (Lipinski definition) is 12. The molecule has 0 aromatic heterocycles. The summed E-state index contributed by atoms with van der Waals surface area (Å²) >= 11 is 0. The molecule has 22 heterocycles. The Balaban J connectivity index is 0.883. The molecule has 6 aromatic rings. The Kier molecular flexibility index (Phi) is 33.2. The number of hydroxylamine groups is 6. The predicted octanol–water partition coefficient (Wildman–Crippen LogP) is 3.72. The van der Waals surface area contributed by atoms with Crippen molar-refractivity contribution in [2.75, 3.05) is 0 Å². The quantitative estimate of drug-likeness (QED) is 0.0303. The van der Waals surface area contributed by atoms with Crippen LogP contribution in [0.25, 0.3) is 36.5 Å². The van der Waals surface area contributed by atoms with E-state index in [0.29, 0.717) is 33.4 Å². The fourth-order valence-corrected chi connectivity index (χ4v) is 14.8. The van der Waals surface area contributed by atoms with Crippen LogP contribution in [0.3, 0.4) is 0 Å². The van der Waals surface area contributed by atoms with Crippen LogP contribution in [0.5, 0.6) is 0 Å². The molecule has 28 rings (SSSR count). The largest absolute Gasteiger partial charge is 0.385 e. The van der Waals surface area contributed by atoms with E-state index in [0.717, 1.165) is 36.5 Å².